The lowest BCUT2D eigenvalue weighted by Crippen LogP contribution is -2.31. The van der Waals surface area contributed by atoms with Crippen LogP contribution in [-0.4, -0.2) is 63.5 Å². The molecule has 1 fully saturated rings. The molecule has 1 aliphatic heterocycles. The number of phenols is 1. The molecule has 2 atom stereocenters. The first-order chi connectivity index (χ1) is 23.9. The summed E-state index contributed by atoms with van der Waals surface area (Å²) < 4.78 is 139. The number of alkyl halides is 7. The minimum atomic E-state index is -5.58. The van der Waals surface area contributed by atoms with Gasteiger partial charge < -0.3 is 26.6 Å². The third kappa shape index (κ3) is 6.31. The van der Waals surface area contributed by atoms with Gasteiger partial charge in [0.2, 0.25) is 0 Å². The average molecular weight is 743 g/mol. The quantitative estimate of drug-likeness (QED) is 0.121. The van der Waals surface area contributed by atoms with E-state index >= 15 is 4.39 Å². The fourth-order valence-corrected chi connectivity index (χ4v) is 6.98. The Morgan fingerprint density at radius 2 is 1.90 bits per heavy atom. The van der Waals surface area contributed by atoms with E-state index in [1.807, 2.05) is 0 Å². The summed E-state index contributed by atoms with van der Waals surface area (Å²) in [6.07, 6.45) is -8.42. The highest BCUT2D eigenvalue weighted by molar-refractivity contribution is 7.23. The number of ether oxygens (including phenoxy) is 1. The molecule has 4 heterocycles. The number of fused-ring (bicyclic) bond motifs is 2. The Labute approximate surface area is 285 Å². The van der Waals surface area contributed by atoms with Gasteiger partial charge in [-0.15, -0.1) is 11.3 Å². The van der Waals surface area contributed by atoms with Crippen LogP contribution in [0.2, 0.25) is 0 Å². The zero-order valence-corrected chi connectivity index (χ0v) is 26.6. The van der Waals surface area contributed by atoms with E-state index in [-0.39, 0.29) is 10.6 Å². The second-order valence-electron chi connectivity index (χ2n) is 11.6. The molecule has 6 rings (SSSR count). The van der Waals surface area contributed by atoms with E-state index in [1.165, 1.54) is 24.2 Å². The summed E-state index contributed by atoms with van der Waals surface area (Å²) in [5.41, 5.74) is 5.56. The van der Waals surface area contributed by atoms with Gasteiger partial charge in [0.05, 0.1) is 22.2 Å². The van der Waals surface area contributed by atoms with Gasteiger partial charge in [0.25, 0.3) is 12.3 Å². The number of nitrogens with zero attached hydrogens (tertiary/aromatic N) is 5. The maximum absolute atomic E-state index is 16.9. The van der Waals surface area contributed by atoms with Gasteiger partial charge in [-0.2, -0.15) is 28.4 Å². The Balaban J connectivity index is 1.65. The van der Waals surface area contributed by atoms with Crippen molar-refractivity contribution in [2.75, 3.05) is 37.0 Å². The first kappa shape index (κ1) is 35.5. The van der Waals surface area contributed by atoms with Crippen LogP contribution in [0.25, 0.3) is 32.1 Å². The molecule has 1 saturated heterocycles. The Hall–Kier alpha value is -5.29. The van der Waals surface area contributed by atoms with Gasteiger partial charge in [0.1, 0.15) is 58.0 Å². The molecule has 0 unspecified atom stereocenters. The van der Waals surface area contributed by atoms with Crippen molar-refractivity contribution in [1.29, 1.82) is 5.26 Å². The van der Waals surface area contributed by atoms with E-state index in [9.17, 15) is 45.5 Å². The number of thiophene rings is 1. The van der Waals surface area contributed by atoms with Gasteiger partial charge in [-0.25, -0.2) is 31.3 Å². The zero-order valence-electron chi connectivity index (χ0n) is 25.8. The summed E-state index contributed by atoms with van der Waals surface area (Å²) in [7, 11) is 1.37. The summed E-state index contributed by atoms with van der Waals surface area (Å²) in [5.74, 6) is -9.03. The molecule has 6 N–H and O–H groups in total. The predicted molar refractivity (Wildman–Crippen MR) is 169 cm³/mol. The minimum Gasteiger partial charge on any atom is -0.506 e. The summed E-state index contributed by atoms with van der Waals surface area (Å²) >= 11 is 0.513. The smallest absolute Gasteiger partial charge is 0.420 e. The Bertz CT molecular complexity index is 2220. The van der Waals surface area contributed by atoms with E-state index in [0.29, 0.717) is 17.4 Å². The molecular weight excluding hydrogens is 719 g/mol. The number of phenolic OH excluding ortho intramolecular Hbond substituents is 1. The number of benzene rings is 2. The molecule has 0 spiro atoms. The number of hydrogen-bond donors (Lipinski definition) is 4. The van der Waals surface area contributed by atoms with Crippen LogP contribution < -0.4 is 21.5 Å². The summed E-state index contributed by atoms with van der Waals surface area (Å²) in [6, 6.07) is 1.52. The topological polar surface area (TPSA) is 159 Å². The largest absolute Gasteiger partial charge is 0.506 e. The number of nitriles is 1. The molecule has 2 aromatic carbocycles. The van der Waals surface area contributed by atoms with E-state index in [1.54, 1.807) is 6.07 Å². The average Bonchev–Trinajstić information content (AvgIpc) is 3.53. The van der Waals surface area contributed by atoms with Gasteiger partial charge in [0, 0.05) is 35.2 Å². The lowest BCUT2D eigenvalue weighted by atomic mass is 9.91. The zero-order chi connectivity index (χ0) is 37.2. The van der Waals surface area contributed by atoms with Crippen molar-refractivity contribution in [2.24, 2.45) is 0 Å². The molecule has 1 aliphatic rings. The fourth-order valence-electron chi connectivity index (χ4n) is 6.03. The van der Waals surface area contributed by atoms with Crippen LogP contribution in [0.4, 0.5) is 56.2 Å². The van der Waals surface area contributed by atoms with E-state index in [4.69, 9.17) is 16.2 Å². The number of likely N-dealkylation sites (tertiary alicyclic amines) is 1. The molecule has 0 amide bonds. The number of anilines is 3. The van der Waals surface area contributed by atoms with Crippen molar-refractivity contribution in [2.45, 2.75) is 37.0 Å². The lowest BCUT2D eigenvalue weighted by Gasteiger charge is -2.24. The monoisotopic (exact) mass is 742 g/mol. The number of halogens is 9. The Morgan fingerprint density at radius 1 is 1.18 bits per heavy atom. The molecule has 0 bridgehead atoms. The van der Waals surface area contributed by atoms with Crippen molar-refractivity contribution >= 4 is 49.0 Å². The van der Waals surface area contributed by atoms with E-state index in [0.717, 1.165) is 12.1 Å². The summed E-state index contributed by atoms with van der Waals surface area (Å²) in [5, 5.41) is 21.3. The highest BCUT2D eigenvalue weighted by Gasteiger charge is 2.44. The van der Waals surface area contributed by atoms with Crippen molar-refractivity contribution in [3.63, 3.8) is 0 Å². The molecule has 10 nitrogen and oxygen atoms in total. The molecule has 51 heavy (non-hydrogen) atoms. The molecule has 0 radical (unpaired) electrons. The number of nitrogens with two attached hydrogens (primary N) is 2. The van der Waals surface area contributed by atoms with E-state index < -0.39 is 128 Å². The van der Waals surface area contributed by atoms with Gasteiger partial charge in [-0.3, -0.25) is 4.90 Å². The fraction of sp³-hybridized carbons (Fsp3) is 0.290. The third-order valence-electron chi connectivity index (χ3n) is 8.32. The van der Waals surface area contributed by atoms with Crippen LogP contribution >= 0.6 is 11.3 Å². The molecule has 20 heteroatoms. The van der Waals surface area contributed by atoms with Crippen molar-refractivity contribution in [3.8, 4) is 29.0 Å². The first-order valence-electron chi connectivity index (χ1n) is 14.6. The van der Waals surface area contributed by atoms with Crippen molar-refractivity contribution in [3.05, 3.63) is 58.8 Å². The Kier molecular flexibility index (Phi) is 8.91. The molecule has 3 aromatic heterocycles. The summed E-state index contributed by atoms with van der Waals surface area (Å²) in [4.78, 5) is 12.7. The molecule has 5 aromatic rings. The van der Waals surface area contributed by atoms with E-state index in [2.05, 4.69) is 20.3 Å². The Morgan fingerprint density at radius 3 is 2.51 bits per heavy atom. The minimum absolute atomic E-state index is 0.294. The van der Waals surface area contributed by atoms with Gasteiger partial charge in [-0.05, 0) is 24.7 Å². The maximum atomic E-state index is 16.9. The first-order valence-corrected chi connectivity index (χ1v) is 15.4. The SMILES string of the molecule is CN1CC(F)(F)C[C@H]1COc1nc(N[C@@H](c2cccnc2N)C(F)F)c2c(O)c(C(F)(F)F)c(-c3ccc(F)c4sc(N)c(C#N)c34)c(F)c2n1. The predicted octanol–water partition coefficient (Wildman–Crippen LogP) is 7.08. The van der Waals surface area contributed by atoms with Gasteiger partial charge in [-0.1, -0.05) is 12.1 Å². The standard InChI is InChI=1S/C31H23F9N8O2S/c1-48-10-30(36,37)7-11(48)9-50-29-46-22-18(28(47-29)45-21(25(34)35)13-3-2-6-44-26(13)42)23(49)19(31(38,39)40)17(20(22)33)12-4-5-15(32)24-16(12)14(8-41)27(43)51-24/h2-6,11,21,25,49H,7,9-10,43H2,1H3,(H2,42,44)(H,45,46,47)/t11-,21-/m0/s1. The molecule has 268 valence electrons. The number of aromatic hydroxyl groups is 1. The number of aromatic nitrogens is 3. The van der Waals surface area contributed by atoms with Crippen molar-refractivity contribution < 1.29 is 49.4 Å². The molecular formula is C31H23F9N8O2S. The normalized spacial score (nSPS) is 16.9. The number of nitrogen functional groups attached to an aromatic ring is 2. The number of likely N-dealkylation sites (N-methyl/N-ethyl adjacent to an activating group) is 1. The number of hydrogen-bond acceptors (Lipinski definition) is 11. The van der Waals surface area contributed by atoms with Crippen LogP contribution in [-0.2, 0) is 6.18 Å². The van der Waals surface area contributed by atoms with Crippen LogP contribution in [0.3, 0.4) is 0 Å². The van der Waals surface area contributed by atoms with Crippen LogP contribution in [0.5, 0.6) is 11.8 Å². The molecule has 0 saturated carbocycles. The van der Waals surface area contributed by atoms with Gasteiger partial charge in [0.15, 0.2) is 5.82 Å². The molecule has 0 aliphatic carbocycles. The van der Waals surface area contributed by atoms with Crippen LogP contribution in [0.1, 0.15) is 29.2 Å². The second-order valence-corrected chi connectivity index (χ2v) is 12.7. The van der Waals surface area contributed by atoms with Gasteiger partial charge >= 0.3 is 12.2 Å². The summed E-state index contributed by atoms with van der Waals surface area (Å²) in [6.45, 7) is -1.19. The second kappa shape index (κ2) is 12.8. The number of pyridine rings is 1. The number of nitrogens with one attached hydrogen (secondary N) is 1. The number of rotatable bonds is 8. The van der Waals surface area contributed by atoms with Crippen LogP contribution in [0, 0.1) is 23.0 Å². The highest BCUT2D eigenvalue weighted by atomic mass is 32.1. The maximum Gasteiger partial charge on any atom is 0.420 e. The highest BCUT2D eigenvalue weighted by Crippen LogP contribution is 2.52. The van der Waals surface area contributed by atoms with Crippen molar-refractivity contribution in [1.82, 2.24) is 19.9 Å². The lowest BCUT2D eigenvalue weighted by molar-refractivity contribution is -0.138. The third-order valence-corrected chi connectivity index (χ3v) is 9.34. The van der Waals surface area contributed by atoms with Crippen LogP contribution in [0.15, 0.2) is 30.5 Å².